The number of nitrogens with zero attached hydrogens (tertiary/aromatic N) is 2. The predicted molar refractivity (Wildman–Crippen MR) is 127 cm³/mol. The topological polar surface area (TPSA) is 38.7 Å². The number of rotatable bonds is 3. The first-order valence-electron chi connectivity index (χ1n) is 11.3. The molecule has 0 amide bonds. The largest absolute Gasteiger partial charge is 0.497 e. The average molecular weight is 450 g/mol. The molecular weight excluding hydrogens is 422 g/mol. The molecule has 166 valence electrons. The molecule has 3 aliphatic heterocycles. The van der Waals surface area contributed by atoms with Gasteiger partial charge in [-0.05, 0) is 48.7 Å². The number of nitrogens with one attached hydrogen (secondary N) is 1. The summed E-state index contributed by atoms with van der Waals surface area (Å²) in [7, 11) is 1.71. The second-order valence-corrected chi connectivity index (χ2v) is 9.78. The number of likely N-dealkylation sites (tertiary alicyclic amines) is 1. The fourth-order valence-corrected chi connectivity index (χ4v) is 5.93. The van der Waals surface area contributed by atoms with Crippen molar-refractivity contribution in [3.8, 4) is 11.4 Å². The van der Waals surface area contributed by atoms with E-state index in [1.807, 2.05) is 18.2 Å². The van der Waals surface area contributed by atoms with E-state index in [2.05, 4.69) is 57.4 Å². The van der Waals surface area contributed by atoms with Gasteiger partial charge in [0.2, 0.25) is 0 Å². The van der Waals surface area contributed by atoms with Crippen LogP contribution in [0.25, 0.3) is 5.69 Å². The molecule has 2 spiro atoms. The number of halogens is 1. The number of anilines is 1. The maximum Gasteiger partial charge on any atom is 0.121 e. The first-order valence-corrected chi connectivity index (χ1v) is 11.7. The molecule has 2 fully saturated rings. The Hall–Kier alpha value is -2.47. The molecule has 4 heterocycles. The molecule has 1 aromatic heterocycles. The van der Waals surface area contributed by atoms with Crippen LogP contribution in [0, 0.1) is 0 Å². The molecule has 0 saturated carbocycles. The van der Waals surface area contributed by atoms with E-state index in [-0.39, 0.29) is 11.1 Å². The number of ether oxygens (including phenoxy) is 2. The van der Waals surface area contributed by atoms with Crippen LogP contribution in [0.1, 0.15) is 30.5 Å². The Labute approximate surface area is 193 Å². The summed E-state index contributed by atoms with van der Waals surface area (Å²) in [5.41, 5.74) is 4.44. The van der Waals surface area contributed by atoms with E-state index in [1.165, 1.54) is 11.3 Å². The zero-order chi connectivity index (χ0) is 21.8. The van der Waals surface area contributed by atoms with E-state index in [0.29, 0.717) is 6.61 Å². The molecule has 2 saturated heterocycles. The van der Waals surface area contributed by atoms with Crippen LogP contribution in [0.15, 0.2) is 60.8 Å². The second-order valence-electron chi connectivity index (χ2n) is 9.37. The first kappa shape index (κ1) is 20.2. The van der Waals surface area contributed by atoms with Crippen LogP contribution in [0.5, 0.6) is 5.75 Å². The standard InChI is InChI=1S/C26H28ClN3O2/c1-31-20-8-9-23-22(15-20)28-26(24-7-4-12-30(23)24)17-25(32-18-26)10-13-29(14-11-25)16-19-5-2-3-6-21(19)27/h2-9,12,15,28H,10-11,13-14,16-18H2,1H3/t26-/m0/s1. The van der Waals surface area contributed by atoms with Crippen molar-refractivity contribution in [2.24, 2.45) is 0 Å². The molecular formula is C26H28ClN3O2. The van der Waals surface area contributed by atoms with Gasteiger partial charge >= 0.3 is 0 Å². The highest BCUT2D eigenvalue weighted by Crippen LogP contribution is 2.50. The highest BCUT2D eigenvalue weighted by Gasteiger charge is 2.53. The van der Waals surface area contributed by atoms with Gasteiger partial charge in [-0.3, -0.25) is 4.90 Å². The zero-order valence-electron chi connectivity index (χ0n) is 18.3. The maximum atomic E-state index is 6.64. The van der Waals surface area contributed by atoms with Gasteiger partial charge in [0, 0.05) is 43.3 Å². The molecule has 0 unspecified atom stereocenters. The number of aromatic nitrogens is 1. The average Bonchev–Trinajstić information content (AvgIpc) is 3.44. The Bertz CT molecular complexity index is 1150. The Morgan fingerprint density at radius 1 is 1.09 bits per heavy atom. The molecule has 3 aliphatic rings. The highest BCUT2D eigenvalue weighted by atomic mass is 35.5. The monoisotopic (exact) mass is 449 g/mol. The number of piperidine rings is 1. The molecule has 6 rings (SSSR count). The smallest absolute Gasteiger partial charge is 0.121 e. The van der Waals surface area contributed by atoms with Gasteiger partial charge in [0.05, 0.1) is 36.4 Å². The lowest BCUT2D eigenvalue weighted by Gasteiger charge is -2.41. The van der Waals surface area contributed by atoms with E-state index in [1.54, 1.807) is 7.11 Å². The third kappa shape index (κ3) is 3.22. The summed E-state index contributed by atoms with van der Waals surface area (Å²) in [6, 6.07) is 18.8. The highest BCUT2D eigenvalue weighted by molar-refractivity contribution is 6.31. The minimum atomic E-state index is -0.215. The van der Waals surface area contributed by atoms with E-state index in [4.69, 9.17) is 21.1 Å². The summed E-state index contributed by atoms with van der Waals surface area (Å²) in [5, 5.41) is 4.71. The fourth-order valence-electron chi connectivity index (χ4n) is 5.74. The SMILES string of the molecule is COc1ccc2c(c1)N[C@@]1(COC3(CCN(Cc4ccccc4Cl)CC3)C1)c1cccn1-2. The van der Waals surface area contributed by atoms with Gasteiger partial charge in [-0.25, -0.2) is 0 Å². The van der Waals surface area contributed by atoms with Crippen molar-refractivity contribution in [2.45, 2.75) is 36.9 Å². The summed E-state index contributed by atoms with van der Waals surface area (Å²) in [4.78, 5) is 2.50. The maximum absolute atomic E-state index is 6.64. The summed E-state index contributed by atoms with van der Waals surface area (Å²) in [5.74, 6) is 0.864. The van der Waals surface area contributed by atoms with Crippen LogP contribution in [-0.4, -0.2) is 41.9 Å². The van der Waals surface area contributed by atoms with Gasteiger partial charge in [0.1, 0.15) is 11.3 Å². The fraction of sp³-hybridized carbons (Fsp3) is 0.385. The predicted octanol–water partition coefficient (Wildman–Crippen LogP) is 5.22. The van der Waals surface area contributed by atoms with Crippen molar-refractivity contribution < 1.29 is 9.47 Å². The molecule has 0 radical (unpaired) electrons. The van der Waals surface area contributed by atoms with Gasteiger partial charge in [-0.15, -0.1) is 0 Å². The third-order valence-electron chi connectivity index (χ3n) is 7.44. The molecule has 6 heteroatoms. The summed E-state index contributed by atoms with van der Waals surface area (Å²) < 4.78 is 14.4. The Balaban J connectivity index is 1.22. The van der Waals surface area contributed by atoms with E-state index >= 15 is 0 Å². The van der Waals surface area contributed by atoms with Crippen LogP contribution in [0.2, 0.25) is 5.02 Å². The van der Waals surface area contributed by atoms with Crippen molar-refractivity contribution in [3.05, 3.63) is 77.1 Å². The van der Waals surface area contributed by atoms with Crippen LogP contribution in [-0.2, 0) is 16.8 Å². The van der Waals surface area contributed by atoms with Gasteiger partial charge < -0.3 is 19.4 Å². The number of fused-ring (bicyclic) bond motifs is 4. The molecule has 1 atom stereocenters. The Kier molecular flexibility index (Phi) is 4.75. The number of hydrogen-bond donors (Lipinski definition) is 1. The van der Waals surface area contributed by atoms with Crippen LogP contribution < -0.4 is 10.1 Å². The summed E-state index contributed by atoms with van der Waals surface area (Å²) in [6.07, 6.45) is 5.19. The quantitative estimate of drug-likeness (QED) is 0.595. The Morgan fingerprint density at radius 3 is 2.75 bits per heavy atom. The van der Waals surface area contributed by atoms with E-state index in [9.17, 15) is 0 Å². The van der Waals surface area contributed by atoms with Crippen molar-refractivity contribution in [1.82, 2.24) is 9.47 Å². The summed E-state index contributed by atoms with van der Waals surface area (Å²) in [6.45, 7) is 3.62. The molecule has 32 heavy (non-hydrogen) atoms. The van der Waals surface area contributed by atoms with E-state index in [0.717, 1.165) is 61.0 Å². The number of benzene rings is 2. The molecule has 0 bridgehead atoms. The van der Waals surface area contributed by atoms with Crippen molar-refractivity contribution >= 4 is 17.3 Å². The zero-order valence-corrected chi connectivity index (χ0v) is 19.1. The minimum absolute atomic E-state index is 0.0878. The minimum Gasteiger partial charge on any atom is -0.497 e. The van der Waals surface area contributed by atoms with Gasteiger partial charge in [0.15, 0.2) is 0 Å². The first-order chi connectivity index (χ1) is 15.6. The van der Waals surface area contributed by atoms with Gasteiger partial charge in [0.25, 0.3) is 0 Å². The second kappa shape index (κ2) is 7.55. The van der Waals surface area contributed by atoms with Crippen LogP contribution in [0.3, 0.4) is 0 Å². The third-order valence-corrected chi connectivity index (χ3v) is 7.81. The van der Waals surface area contributed by atoms with Crippen LogP contribution in [0.4, 0.5) is 5.69 Å². The molecule has 1 N–H and O–H groups in total. The van der Waals surface area contributed by atoms with Gasteiger partial charge in [-0.2, -0.15) is 0 Å². The van der Waals surface area contributed by atoms with Gasteiger partial charge in [-0.1, -0.05) is 29.8 Å². The van der Waals surface area contributed by atoms with Crippen LogP contribution >= 0.6 is 11.6 Å². The van der Waals surface area contributed by atoms with Crippen molar-refractivity contribution in [1.29, 1.82) is 0 Å². The number of hydrogen-bond acceptors (Lipinski definition) is 4. The Morgan fingerprint density at radius 2 is 1.94 bits per heavy atom. The van der Waals surface area contributed by atoms with E-state index < -0.39 is 0 Å². The molecule has 2 aromatic carbocycles. The lowest BCUT2D eigenvalue weighted by Crippen LogP contribution is -2.46. The molecule has 0 aliphatic carbocycles. The molecule has 3 aromatic rings. The number of methoxy groups -OCH3 is 1. The normalized spacial score (nSPS) is 23.7. The molecule has 5 nitrogen and oxygen atoms in total. The lowest BCUT2D eigenvalue weighted by molar-refractivity contribution is -0.0451. The lowest BCUT2D eigenvalue weighted by atomic mass is 9.79. The van der Waals surface area contributed by atoms with Crippen molar-refractivity contribution in [3.63, 3.8) is 0 Å². The van der Waals surface area contributed by atoms with Crippen molar-refractivity contribution in [2.75, 3.05) is 32.1 Å². The summed E-state index contributed by atoms with van der Waals surface area (Å²) >= 11 is 6.39.